The highest BCUT2D eigenvalue weighted by Crippen LogP contribution is 2.34. The van der Waals surface area contributed by atoms with E-state index in [-0.39, 0.29) is 33.5 Å². The van der Waals surface area contributed by atoms with Crippen LogP contribution in [-0.4, -0.2) is 34.1 Å². The number of carbonyl (C=O) groups is 1. The minimum absolute atomic E-state index is 0.0289. The molecule has 4 rings (SSSR count). The molecule has 0 bridgehead atoms. The summed E-state index contributed by atoms with van der Waals surface area (Å²) in [6.07, 6.45) is 1.97. The lowest BCUT2D eigenvalue weighted by atomic mass is 9.99. The number of rotatable bonds is 4. The highest BCUT2D eigenvalue weighted by atomic mass is 35.5. The topological polar surface area (TPSA) is 82.2 Å². The molecule has 1 amide bonds. The molecule has 0 unspecified atom stereocenters. The minimum atomic E-state index is -0.583. The average Bonchev–Trinajstić information content (AvgIpc) is 3.25. The molecule has 0 aliphatic carbocycles. The number of nitrogens with zero attached hydrogens (tertiary/aromatic N) is 3. The molecule has 9 heteroatoms. The predicted octanol–water partition coefficient (Wildman–Crippen LogP) is 4.32. The fourth-order valence-corrected chi connectivity index (χ4v) is 3.75. The number of ether oxygens (including phenoxy) is 1. The first-order valence-electron chi connectivity index (χ1n) is 9.29. The Morgan fingerprint density at radius 3 is 2.97 bits per heavy atom. The zero-order valence-electron chi connectivity index (χ0n) is 16.0. The van der Waals surface area contributed by atoms with Crippen LogP contribution < -0.4 is 5.32 Å². The summed E-state index contributed by atoms with van der Waals surface area (Å²) >= 11 is 6.15. The maximum absolute atomic E-state index is 14.4. The van der Waals surface area contributed by atoms with E-state index in [4.69, 9.17) is 20.9 Å². The zero-order chi connectivity index (χ0) is 20.5. The number of aryl methyl sites for hydroxylation is 2. The van der Waals surface area contributed by atoms with Crippen LogP contribution in [0.2, 0.25) is 5.02 Å². The number of benzene rings is 1. The second kappa shape index (κ2) is 7.96. The van der Waals surface area contributed by atoms with Crippen LogP contribution in [0.25, 0.3) is 11.3 Å². The SMILES string of the molecule is Cc1onc(-c2c(F)cccc2Cl)c1C(=O)Nc1cc([C@@H]2CCCOC2)nn1C. The summed E-state index contributed by atoms with van der Waals surface area (Å²) in [6, 6.07) is 6.10. The van der Waals surface area contributed by atoms with Crippen molar-refractivity contribution in [2.45, 2.75) is 25.7 Å². The summed E-state index contributed by atoms with van der Waals surface area (Å²) in [4.78, 5) is 13.0. The van der Waals surface area contributed by atoms with Crippen LogP contribution in [0.4, 0.5) is 10.2 Å². The molecule has 0 radical (unpaired) electrons. The smallest absolute Gasteiger partial charge is 0.262 e. The van der Waals surface area contributed by atoms with Gasteiger partial charge in [0.05, 0.1) is 22.9 Å². The predicted molar refractivity (Wildman–Crippen MR) is 106 cm³/mol. The molecule has 7 nitrogen and oxygen atoms in total. The molecule has 0 saturated carbocycles. The summed E-state index contributed by atoms with van der Waals surface area (Å²) in [7, 11) is 1.75. The molecule has 3 heterocycles. The highest BCUT2D eigenvalue weighted by molar-refractivity contribution is 6.33. The van der Waals surface area contributed by atoms with E-state index in [1.165, 1.54) is 18.2 Å². The fraction of sp³-hybridized carbons (Fsp3) is 0.350. The molecule has 1 aromatic carbocycles. The second-order valence-electron chi connectivity index (χ2n) is 7.01. The van der Waals surface area contributed by atoms with Crippen LogP contribution in [0, 0.1) is 12.7 Å². The largest absolute Gasteiger partial charge is 0.381 e. The number of amides is 1. The van der Waals surface area contributed by atoms with Crippen LogP contribution in [0.1, 0.15) is 40.6 Å². The lowest BCUT2D eigenvalue weighted by Crippen LogP contribution is -2.16. The van der Waals surface area contributed by atoms with Gasteiger partial charge in [-0.1, -0.05) is 22.8 Å². The molecular weight excluding hydrogens is 399 g/mol. The van der Waals surface area contributed by atoms with Crippen molar-refractivity contribution in [1.82, 2.24) is 14.9 Å². The Hall–Kier alpha value is -2.71. The number of aromatic nitrogens is 3. The molecule has 1 fully saturated rings. The lowest BCUT2D eigenvalue weighted by molar-refractivity contribution is 0.0791. The van der Waals surface area contributed by atoms with Crippen molar-refractivity contribution in [3.05, 3.63) is 52.1 Å². The molecule has 2 aromatic heterocycles. The van der Waals surface area contributed by atoms with Gasteiger partial charge in [-0.05, 0) is 31.9 Å². The third kappa shape index (κ3) is 3.77. The first kappa shape index (κ1) is 19.6. The van der Waals surface area contributed by atoms with E-state index >= 15 is 0 Å². The Labute approximate surface area is 171 Å². The van der Waals surface area contributed by atoms with E-state index < -0.39 is 11.7 Å². The Morgan fingerprint density at radius 2 is 2.24 bits per heavy atom. The van der Waals surface area contributed by atoms with Crippen LogP contribution in [-0.2, 0) is 11.8 Å². The average molecular weight is 419 g/mol. The zero-order valence-corrected chi connectivity index (χ0v) is 16.8. The van der Waals surface area contributed by atoms with Gasteiger partial charge in [-0.15, -0.1) is 0 Å². The Balaban J connectivity index is 1.63. The van der Waals surface area contributed by atoms with Gasteiger partial charge in [0, 0.05) is 25.6 Å². The van der Waals surface area contributed by atoms with Crippen LogP contribution in [0.15, 0.2) is 28.8 Å². The number of carbonyl (C=O) groups excluding carboxylic acids is 1. The third-order valence-corrected chi connectivity index (χ3v) is 5.32. The van der Waals surface area contributed by atoms with Crippen molar-refractivity contribution in [2.24, 2.45) is 7.05 Å². The van der Waals surface area contributed by atoms with Gasteiger partial charge < -0.3 is 14.6 Å². The lowest BCUT2D eigenvalue weighted by Gasteiger charge is -2.19. The summed E-state index contributed by atoms with van der Waals surface area (Å²) in [6.45, 7) is 2.97. The van der Waals surface area contributed by atoms with Crippen molar-refractivity contribution < 1.29 is 18.4 Å². The van der Waals surface area contributed by atoms with Crippen molar-refractivity contribution >= 4 is 23.3 Å². The van der Waals surface area contributed by atoms with Gasteiger partial charge in [-0.3, -0.25) is 9.48 Å². The monoisotopic (exact) mass is 418 g/mol. The van der Waals surface area contributed by atoms with Gasteiger partial charge >= 0.3 is 0 Å². The number of halogens is 2. The third-order valence-electron chi connectivity index (χ3n) is 5.01. The van der Waals surface area contributed by atoms with Gasteiger partial charge in [-0.25, -0.2) is 4.39 Å². The standard InChI is InChI=1S/C20H20ClFN4O3/c1-11-17(19(25-29-11)18-13(21)6-3-7-14(18)22)20(27)23-16-9-15(24-26(16)2)12-5-4-8-28-10-12/h3,6-7,9,12H,4-5,8,10H2,1-2H3,(H,23,27)/t12-/m1/s1. The van der Waals surface area contributed by atoms with E-state index in [0.29, 0.717) is 12.4 Å². The van der Waals surface area contributed by atoms with Gasteiger partial charge in [0.15, 0.2) is 0 Å². The number of hydrogen-bond donors (Lipinski definition) is 1. The maximum atomic E-state index is 14.4. The van der Waals surface area contributed by atoms with Crippen LogP contribution >= 0.6 is 11.6 Å². The number of anilines is 1. The van der Waals surface area contributed by atoms with Crippen LogP contribution in [0.5, 0.6) is 0 Å². The van der Waals surface area contributed by atoms with E-state index in [1.54, 1.807) is 18.7 Å². The van der Waals surface area contributed by atoms with Gasteiger partial charge in [-0.2, -0.15) is 5.10 Å². The first-order valence-corrected chi connectivity index (χ1v) is 9.67. The van der Waals surface area contributed by atoms with Crippen molar-refractivity contribution in [3.8, 4) is 11.3 Å². The van der Waals surface area contributed by atoms with Crippen molar-refractivity contribution in [1.29, 1.82) is 0 Å². The maximum Gasteiger partial charge on any atom is 0.262 e. The molecule has 1 aliphatic rings. The van der Waals surface area contributed by atoms with E-state index in [1.807, 2.05) is 6.07 Å². The molecule has 0 spiro atoms. The van der Waals surface area contributed by atoms with Gasteiger partial charge in [0.1, 0.15) is 28.7 Å². The molecule has 3 aromatic rings. The molecule has 29 heavy (non-hydrogen) atoms. The normalized spacial score (nSPS) is 16.8. The molecule has 1 atom stereocenters. The Kier molecular flexibility index (Phi) is 5.38. The molecule has 152 valence electrons. The van der Waals surface area contributed by atoms with Gasteiger partial charge in [0.25, 0.3) is 5.91 Å². The highest BCUT2D eigenvalue weighted by Gasteiger charge is 2.27. The second-order valence-corrected chi connectivity index (χ2v) is 7.41. The molecule has 1 saturated heterocycles. The minimum Gasteiger partial charge on any atom is -0.381 e. The fourth-order valence-electron chi connectivity index (χ4n) is 3.49. The van der Waals surface area contributed by atoms with E-state index in [0.717, 1.165) is 25.1 Å². The summed E-state index contributed by atoms with van der Waals surface area (Å²) in [5.41, 5.74) is 1.08. The first-order chi connectivity index (χ1) is 14.0. The van der Waals surface area contributed by atoms with Crippen molar-refractivity contribution in [3.63, 3.8) is 0 Å². The van der Waals surface area contributed by atoms with Gasteiger partial charge in [0.2, 0.25) is 0 Å². The quantitative estimate of drug-likeness (QED) is 0.682. The summed E-state index contributed by atoms with van der Waals surface area (Å²) in [5.74, 6) is -0.0835. The summed E-state index contributed by atoms with van der Waals surface area (Å²) < 4.78 is 26.7. The van der Waals surface area contributed by atoms with Crippen LogP contribution in [0.3, 0.4) is 0 Å². The van der Waals surface area contributed by atoms with E-state index in [2.05, 4.69) is 15.6 Å². The Bertz CT molecular complexity index is 1040. The van der Waals surface area contributed by atoms with E-state index in [9.17, 15) is 9.18 Å². The molecule has 1 N–H and O–H groups in total. The number of hydrogen-bond acceptors (Lipinski definition) is 5. The molecular formula is C20H20ClFN4O3. The number of nitrogens with one attached hydrogen (secondary N) is 1. The Morgan fingerprint density at radius 1 is 1.41 bits per heavy atom. The molecule has 1 aliphatic heterocycles. The summed E-state index contributed by atoms with van der Waals surface area (Å²) in [5, 5.41) is 11.3. The van der Waals surface area contributed by atoms with Crippen molar-refractivity contribution in [2.75, 3.05) is 18.5 Å².